The standard InChI is InChI=1S/C20H19N3O4S2/c21-14(11-5-2-1-3-6-11)17(24)22-15-18(25)23-16(20(26)27)12(10-29-19(15)23)9-13-7-4-8-28-13/h1-8,14-15,19H,9-10,21H2,(H,22,24)(H,26,27)/t14-,15+,19-/m0/s1. The van der Waals surface area contributed by atoms with Gasteiger partial charge in [0.2, 0.25) is 5.91 Å². The van der Waals surface area contributed by atoms with Crippen LogP contribution in [-0.4, -0.2) is 45.0 Å². The van der Waals surface area contributed by atoms with E-state index in [4.69, 9.17) is 5.73 Å². The molecule has 2 aliphatic heterocycles. The zero-order valence-electron chi connectivity index (χ0n) is 15.3. The lowest BCUT2D eigenvalue weighted by Gasteiger charge is -2.49. The van der Waals surface area contributed by atoms with Crippen molar-refractivity contribution < 1.29 is 19.5 Å². The van der Waals surface area contributed by atoms with Crippen LogP contribution in [0.5, 0.6) is 0 Å². The number of carboxylic acids is 1. The molecule has 7 nitrogen and oxygen atoms in total. The molecule has 1 fully saturated rings. The first-order valence-corrected chi connectivity index (χ1v) is 10.9. The molecule has 4 N–H and O–H groups in total. The van der Waals surface area contributed by atoms with Crippen molar-refractivity contribution in [2.24, 2.45) is 5.73 Å². The number of hydrogen-bond donors (Lipinski definition) is 3. The highest BCUT2D eigenvalue weighted by Gasteiger charge is 2.54. The molecule has 0 radical (unpaired) electrons. The topological polar surface area (TPSA) is 113 Å². The van der Waals surface area contributed by atoms with Crippen molar-refractivity contribution in [3.63, 3.8) is 0 Å². The second-order valence-corrected chi connectivity index (χ2v) is 8.94. The van der Waals surface area contributed by atoms with Crippen LogP contribution in [0, 0.1) is 0 Å². The van der Waals surface area contributed by atoms with E-state index in [0.29, 0.717) is 23.3 Å². The highest BCUT2D eigenvalue weighted by atomic mass is 32.2. The minimum Gasteiger partial charge on any atom is -0.477 e. The van der Waals surface area contributed by atoms with Crippen LogP contribution in [-0.2, 0) is 20.8 Å². The zero-order chi connectivity index (χ0) is 20.5. The van der Waals surface area contributed by atoms with Gasteiger partial charge in [0.25, 0.3) is 5.91 Å². The number of carbonyl (C=O) groups excluding carboxylic acids is 2. The van der Waals surface area contributed by atoms with Crippen molar-refractivity contribution in [2.45, 2.75) is 23.9 Å². The van der Waals surface area contributed by atoms with E-state index in [1.807, 2.05) is 23.6 Å². The third-order valence-corrected chi connectivity index (χ3v) is 7.17. The van der Waals surface area contributed by atoms with Crippen LogP contribution in [0.3, 0.4) is 0 Å². The molecule has 1 saturated heterocycles. The SMILES string of the molecule is N[C@H](C(=O)N[C@@H]1C(=O)N2C(C(=O)O)=C(Cc3cccs3)CS[C@@H]12)c1ccccc1. The number of nitrogens with two attached hydrogens (primary N) is 1. The number of carboxylic acid groups (broad SMARTS) is 1. The van der Waals surface area contributed by atoms with Gasteiger partial charge < -0.3 is 16.2 Å². The third-order valence-electron chi connectivity index (χ3n) is 4.96. The Bertz CT molecular complexity index is 975. The van der Waals surface area contributed by atoms with E-state index in [0.717, 1.165) is 4.88 Å². The summed E-state index contributed by atoms with van der Waals surface area (Å²) >= 11 is 3.01. The molecule has 150 valence electrons. The van der Waals surface area contributed by atoms with Crippen LogP contribution in [0.2, 0.25) is 0 Å². The van der Waals surface area contributed by atoms with Crippen molar-refractivity contribution in [3.8, 4) is 0 Å². The van der Waals surface area contributed by atoms with E-state index >= 15 is 0 Å². The van der Waals surface area contributed by atoms with Crippen molar-refractivity contribution >= 4 is 40.9 Å². The summed E-state index contributed by atoms with van der Waals surface area (Å²) in [7, 11) is 0. The first-order valence-electron chi connectivity index (χ1n) is 9.00. The number of carbonyl (C=O) groups is 3. The summed E-state index contributed by atoms with van der Waals surface area (Å²) in [6.07, 6.45) is 0.499. The fourth-order valence-corrected chi connectivity index (χ4v) is 5.59. The molecule has 4 rings (SSSR count). The lowest BCUT2D eigenvalue weighted by Crippen LogP contribution is -2.71. The minimum atomic E-state index is -1.12. The maximum absolute atomic E-state index is 12.7. The average Bonchev–Trinajstić information content (AvgIpc) is 3.24. The highest BCUT2D eigenvalue weighted by molar-refractivity contribution is 8.00. The largest absolute Gasteiger partial charge is 0.477 e. The van der Waals surface area contributed by atoms with Crippen molar-refractivity contribution in [3.05, 3.63) is 69.6 Å². The van der Waals surface area contributed by atoms with E-state index in [1.165, 1.54) is 16.7 Å². The summed E-state index contributed by atoms with van der Waals surface area (Å²) < 4.78 is 0. The number of benzene rings is 1. The quantitative estimate of drug-likeness (QED) is 0.603. The van der Waals surface area contributed by atoms with Crippen LogP contribution in [0.15, 0.2) is 59.1 Å². The molecule has 29 heavy (non-hydrogen) atoms. The maximum atomic E-state index is 12.7. The van der Waals surface area contributed by atoms with E-state index in [2.05, 4.69) is 5.32 Å². The molecule has 1 aromatic heterocycles. The molecular formula is C20H19N3O4S2. The number of amides is 2. The lowest BCUT2D eigenvalue weighted by atomic mass is 10.00. The van der Waals surface area contributed by atoms with Gasteiger partial charge in [-0.25, -0.2) is 4.79 Å². The van der Waals surface area contributed by atoms with Crippen LogP contribution >= 0.6 is 23.1 Å². The van der Waals surface area contributed by atoms with Gasteiger partial charge >= 0.3 is 5.97 Å². The fraction of sp³-hybridized carbons (Fsp3) is 0.250. The molecule has 0 bridgehead atoms. The van der Waals surface area contributed by atoms with Crippen molar-refractivity contribution in [1.29, 1.82) is 0 Å². The van der Waals surface area contributed by atoms with Crippen LogP contribution in [0.25, 0.3) is 0 Å². The maximum Gasteiger partial charge on any atom is 0.352 e. The highest BCUT2D eigenvalue weighted by Crippen LogP contribution is 2.41. The number of thioether (sulfide) groups is 1. The first kappa shape index (κ1) is 19.7. The molecule has 9 heteroatoms. The van der Waals surface area contributed by atoms with E-state index in [1.54, 1.807) is 35.6 Å². The van der Waals surface area contributed by atoms with Gasteiger partial charge in [-0.3, -0.25) is 14.5 Å². The van der Waals surface area contributed by atoms with E-state index in [9.17, 15) is 19.5 Å². The molecule has 1 aromatic carbocycles. The Morgan fingerprint density at radius 3 is 2.66 bits per heavy atom. The number of fused-ring (bicyclic) bond motifs is 1. The van der Waals surface area contributed by atoms with Crippen LogP contribution < -0.4 is 11.1 Å². The summed E-state index contributed by atoms with van der Waals surface area (Å²) in [4.78, 5) is 39.5. The first-order chi connectivity index (χ1) is 14.0. The Hall–Kier alpha value is -2.62. The van der Waals surface area contributed by atoms with Gasteiger partial charge in [-0.15, -0.1) is 23.1 Å². The Labute approximate surface area is 175 Å². The van der Waals surface area contributed by atoms with Gasteiger partial charge in [0.15, 0.2) is 0 Å². The number of nitrogens with one attached hydrogen (secondary N) is 1. The normalized spacial score (nSPS) is 22.0. The summed E-state index contributed by atoms with van der Waals surface area (Å²) in [6, 6.07) is 11.1. The molecular weight excluding hydrogens is 410 g/mol. The summed E-state index contributed by atoms with van der Waals surface area (Å²) in [5.74, 6) is -1.51. The van der Waals surface area contributed by atoms with Crippen molar-refractivity contribution in [2.75, 3.05) is 5.75 Å². The van der Waals surface area contributed by atoms with Crippen LogP contribution in [0.1, 0.15) is 16.5 Å². The molecule has 2 aliphatic rings. The number of rotatable bonds is 6. The Balaban J connectivity index is 1.49. The minimum absolute atomic E-state index is 0.0324. The number of nitrogens with zero attached hydrogens (tertiary/aromatic N) is 1. The summed E-state index contributed by atoms with van der Waals surface area (Å²) in [5.41, 5.74) is 7.39. The second kappa shape index (κ2) is 8.02. The van der Waals surface area contributed by atoms with Gasteiger partial charge in [0.05, 0.1) is 0 Å². The number of hydrogen-bond acceptors (Lipinski definition) is 6. The third kappa shape index (κ3) is 3.68. The van der Waals surface area contributed by atoms with E-state index < -0.39 is 35.2 Å². The monoisotopic (exact) mass is 429 g/mol. The van der Waals surface area contributed by atoms with E-state index in [-0.39, 0.29) is 5.70 Å². The summed E-state index contributed by atoms with van der Waals surface area (Å²) in [5, 5.41) is 13.9. The molecule has 2 aromatic rings. The Kier molecular flexibility index (Phi) is 5.44. The van der Waals surface area contributed by atoms with Gasteiger partial charge in [-0.1, -0.05) is 36.4 Å². The van der Waals surface area contributed by atoms with Gasteiger partial charge in [-0.2, -0.15) is 0 Å². The summed E-state index contributed by atoms with van der Waals surface area (Å²) in [6.45, 7) is 0. The molecule has 0 unspecified atom stereocenters. The van der Waals surface area contributed by atoms with Gasteiger partial charge in [0.1, 0.15) is 23.2 Å². The average molecular weight is 430 g/mol. The van der Waals surface area contributed by atoms with Crippen molar-refractivity contribution in [1.82, 2.24) is 10.2 Å². The molecule has 3 atom stereocenters. The lowest BCUT2D eigenvalue weighted by molar-refractivity contribution is -0.150. The van der Waals surface area contributed by atoms with Crippen LogP contribution in [0.4, 0.5) is 0 Å². The molecule has 0 spiro atoms. The number of aliphatic carboxylic acids is 1. The smallest absolute Gasteiger partial charge is 0.352 e. The van der Waals surface area contributed by atoms with Gasteiger partial charge in [-0.05, 0) is 22.6 Å². The predicted molar refractivity (Wildman–Crippen MR) is 111 cm³/mol. The number of thiophene rings is 1. The zero-order valence-corrected chi connectivity index (χ0v) is 16.9. The fourth-order valence-electron chi connectivity index (χ4n) is 3.50. The Morgan fingerprint density at radius 2 is 2.00 bits per heavy atom. The predicted octanol–water partition coefficient (Wildman–Crippen LogP) is 1.73. The number of β-lactam (4-membered cyclic amide) rings is 1. The second-order valence-electron chi connectivity index (χ2n) is 6.80. The molecule has 0 saturated carbocycles. The Morgan fingerprint density at radius 1 is 1.24 bits per heavy atom. The molecule has 0 aliphatic carbocycles. The molecule has 2 amide bonds. The van der Waals surface area contributed by atoms with Gasteiger partial charge in [0, 0.05) is 17.1 Å². The molecule has 3 heterocycles.